The molecule has 2 N–H and O–H groups in total. The summed E-state index contributed by atoms with van der Waals surface area (Å²) >= 11 is 0. The summed E-state index contributed by atoms with van der Waals surface area (Å²) in [5.41, 5.74) is 0.128. The number of nitro groups is 1. The zero-order chi connectivity index (χ0) is 17.0. The number of likely N-dealkylation sites (N-methyl/N-ethyl adjacent to an activating group) is 1. The van der Waals surface area contributed by atoms with Gasteiger partial charge >= 0.3 is 5.97 Å². The van der Waals surface area contributed by atoms with Crippen LogP contribution in [0.4, 0.5) is 5.69 Å². The number of carboxylic acid groups (broad SMARTS) is 1. The number of nitro benzene ring substituents is 1. The summed E-state index contributed by atoms with van der Waals surface area (Å²) in [4.78, 5) is 34.9. The van der Waals surface area contributed by atoms with Crippen LogP contribution in [0.5, 0.6) is 0 Å². The molecule has 0 aromatic heterocycles. The van der Waals surface area contributed by atoms with Crippen LogP contribution in [0.25, 0.3) is 0 Å². The molecule has 0 saturated heterocycles. The van der Waals surface area contributed by atoms with Crippen LogP contribution in [0.1, 0.15) is 30.1 Å². The van der Waals surface area contributed by atoms with E-state index < -0.39 is 10.9 Å². The summed E-state index contributed by atoms with van der Waals surface area (Å²) in [6.45, 7) is 2.53. The van der Waals surface area contributed by atoms with Crippen LogP contribution in [0.2, 0.25) is 0 Å². The lowest BCUT2D eigenvalue weighted by Gasteiger charge is -2.42. The molecule has 1 fully saturated rings. The van der Waals surface area contributed by atoms with E-state index in [1.807, 2.05) is 11.8 Å². The minimum atomic E-state index is -0.865. The van der Waals surface area contributed by atoms with Gasteiger partial charge in [-0.25, -0.2) is 0 Å². The van der Waals surface area contributed by atoms with Gasteiger partial charge in [0.1, 0.15) is 0 Å². The molecule has 0 unspecified atom stereocenters. The molecule has 0 aliphatic heterocycles. The van der Waals surface area contributed by atoms with Crippen molar-refractivity contribution < 1.29 is 19.6 Å². The van der Waals surface area contributed by atoms with Gasteiger partial charge in [-0.05, 0) is 25.5 Å². The molecule has 1 aliphatic carbocycles. The van der Waals surface area contributed by atoms with Gasteiger partial charge in [0.2, 0.25) is 0 Å². The summed E-state index contributed by atoms with van der Waals surface area (Å²) in [6.07, 6.45) is 1.36. The smallest absolute Gasteiger partial charge is 0.317 e. The first-order valence-corrected chi connectivity index (χ1v) is 7.41. The van der Waals surface area contributed by atoms with Crippen LogP contribution >= 0.6 is 0 Å². The van der Waals surface area contributed by atoms with Crippen LogP contribution < -0.4 is 5.32 Å². The van der Waals surface area contributed by atoms with Crippen molar-refractivity contribution >= 4 is 17.6 Å². The lowest BCUT2D eigenvalue weighted by Crippen LogP contribution is -2.54. The van der Waals surface area contributed by atoms with E-state index >= 15 is 0 Å². The Balaban J connectivity index is 1.87. The molecule has 2 rings (SSSR count). The summed E-state index contributed by atoms with van der Waals surface area (Å²) in [5, 5.41) is 22.4. The highest BCUT2D eigenvalue weighted by Gasteiger charge is 2.34. The molecule has 1 saturated carbocycles. The number of non-ortho nitro benzene ring substituents is 1. The lowest BCUT2D eigenvalue weighted by atomic mass is 9.85. The van der Waals surface area contributed by atoms with Gasteiger partial charge in [-0.1, -0.05) is 13.0 Å². The van der Waals surface area contributed by atoms with E-state index in [-0.39, 0.29) is 35.8 Å². The topological polar surface area (TPSA) is 113 Å². The first-order valence-electron chi connectivity index (χ1n) is 7.41. The van der Waals surface area contributed by atoms with Crippen molar-refractivity contribution in [2.24, 2.45) is 0 Å². The maximum Gasteiger partial charge on any atom is 0.317 e. The van der Waals surface area contributed by atoms with Gasteiger partial charge in [0, 0.05) is 29.8 Å². The van der Waals surface area contributed by atoms with Crippen molar-refractivity contribution in [3.63, 3.8) is 0 Å². The van der Waals surface area contributed by atoms with Crippen molar-refractivity contribution in [2.45, 2.75) is 31.8 Å². The van der Waals surface area contributed by atoms with Crippen LogP contribution in [0.15, 0.2) is 24.3 Å². The molecular weight excluding hydrogens is 302 g/mol. The fraction of sp³-hybridized carbons (Fsp3) is 0.467. The van der Waals surface area contributed by atoms with E-state index in [9.17, 15) is 19.7 Å². The predicted molar refractivity (Wildman–Crippen MR) is 82.3 cm³/mol. The van der Waals surface area contributed by atoms with E-state index in [4.69, 9.17) is 5.11 Å². The number of carbonyl (C=O) groups excluding carboxylic acids is 1. The minimum absolute atomic E-state index is 0.00723. The first kappa shape index (κ1) is 16.9. The Hall–Kier alpha value is -2.48. The van der Waals surface area contributed by atoms with Crippen molar-refractivity contribution in [3.8, 4) is 0 Å². The molecule has 0 heterocycles. The van der Waals surface area contributed by atoms with Gasteiger partial charge < -0.3 is 10.4 Å². The standard InChI is InChI=1S/C15H19N3O5/c1-2-17(9-14(19)20)13-7-11(8-13)16-15(21)10-4-3-5-12(6-10)18(22)23/h3-6,11,13H,2,7-9H2,1H3,(H,16,21)(H,19,20). The predicted octanol–water partition coefficient (Wildman–Crippen LogP) is 1.26. The molecule has 8 nitrogen and oxygen atoms in total. The third-order valence-electron chi connectivity index (χ3n) is 4.03. The van der Waals surface area contributed by atoms with Crippen LogP contribution in [0.3, 0.4) is 0 Å². The van der Waals surface area contributed by atoms with E-state index in [0.29, 0.717) is 19.4 Å². The fourth-order valence-corrected chi connectivity index (χ4v) is 2.71. The number of carboxylic acids is 1. The summed E-state index contributed by atoms with van der Waals surface area (Å²) in [6, 6.07) is 5.69. The van der Waals surface area contributed by atoms with Crippen LogP contribution in [-0.2, 0) is 4.79 Å². The summed E-state index contributed by atoms with van der Waals surface area (Å²) in [7, 11) is 0. The number of benzene rings is 1. The fourth-order valence-electron chi connectivity index (χ4n) is 2.71. The molecule has 0 radical (unpaired) electrons. The number of aliphatic carboxylic acids is 1. The molecule has 8 heteroatoms. The van der Waals surface area contributed by atoms with E-state index in [0.717, 1.165) is 0 Å². The number of nitrogens with one attached hydrogen (secondary N) is 1. The van der Waals surface area contributed by atoms with E-state index in [1.54, 1.807) is 0 Å². The molecule has 0 atom stereocenters. The van der Waals surface area contributed by atoms with Gasteiger partial charge in [-0.15, -0.1) is 0 Å². The van der Waals surface area contributed by atoms with E-state index in [1.165, 1.54) is 24.3 Å². The van der Waals surface area contributed by atoms with Crippen molar-refractivity contribution in [3.05, 3.63) is 39.9 Å². The lowest BCUT2D eigenvalue weighted by molar-refractivity contribution is -0.384. The number of amides is 1. The molecule has 124 valence electrons. The maximum atomic E-state index is 12.1. The molecule has 1 aliphatic rings. The quantitative estimate of drug-likeness (QED) is 0.577. The number of hydrogen-bond donors (Lipinski definition) is 2. The second-order valence-electron chi connectivity index (χ2n) is 5.56. The normalized spacial score (nSPS) is 19.9. The number of carbonyl (C=O) groups is 2. The molecule has 1 aromatic carbocycles. The SMILES string of the molecule is CCN(CC(=O)O)C1CC(NC(=O)c2cccc([N+](=O)[O-])c2)C1. The second kappa shape index (κ2) is 7.19. The highest BCUT2D eigenvalue weighted by atomic mass is 16.6. The third-order valence-corrected chi connectivity index (χ3v) is 4.03. The molecule has 0 spiro atoms. The summed E-state index contributed by atoms with van der Waals surface area (Å²) < 4.78 is 0. The Labute approximate surface area is 133 Å². The van der Waals surface area contributed by atoms with Gasteiger partial charge in [0.15, 0.2) is 0 Å². The molecular formula is C15H19N3O5. The maximum absolute atomic E-state index is 12.1. The first-order chi connectivity index (χ1) is 10.9. The van der Waals surface area contributed by atoms with Crippen molar-refractivity contribution in [2.75, 3.05) is 13.1 Å². The monoisotopic (exact) mass is 321 g/mol. The summed E-state index contributed by atoms with van der Waals surface area (Å²) in [5.74, 6) is -1.21. The zero-order valence-electron chi connectivity index (χ0n) is 12.8. The highest BCUT2D eigenvalue weighted by Crippen LogP contribution is 2.26. The second-order valence-corrected chi connectivity index (χ2v) is 5.56. The zero-order valence-corrected chi connectivity index (χ0v) is 12.8. The van der Waals surface area contributed by atoms with Crippen LogP contribution in [-0.4, -0.2) is 52.0 Å². The Morgan fingerprint density at radius 3 is 2.70 bits per heavy atom. The Morgan fingerprint density at radius 2 is 2.13 bits per heavy atom. The Bertz CT molecular complexity index is 613. The molecule has 0 bridgehead atoms. The highest BCUT2D eigenvalue weighted by molar-refractivity contribution is 5.95. The third kappa shape index (κ3) is 4.26. The van der Waals surface area contributed by atoms with Gasteiger partial charge in [-0.2, -0.15) is 0 Å². The molecule has 23 heavy (non-hydrogen) atoms. The Morgan fingerprint density at radius 1 is 1.43 bits per heavy atom. The van der Waals surface area contributed by atoms with Gasteiger partial charge in [-0.3, -0.25) is 24.6 Å². The number of nitrogens with zero attached hydrogens (tertiary/aromatic N) is 2. The largest absolute Gasteiger partial charge is 0.480 e. The van der Waals surface area contributed by atoms with Gasteiger partial charge in [0.25, 0.3) is 11.6 Å². The average Bonchev–Trinajstić information content (AvgIpc) is 2.48. The average molecular weight is 321 g/mol. The number of rotatable bonds is 7. The van der Waals surface area contributed by atoms with Crippen molar-refractivity contribution in [1.29, 1.82) is 0 Å². The van der Waals surface area contributed by atoms with Crippen LogP contribution in [0, 0.1) is 10.1 Å². The molecule has 1 aromatic rings. The number of hydrogen-bond acceptors (Lipinski definition) is 5. The molecule has 1 amide bonds. The van der Waals surface area contributed by atoms with Crippen molar-refractivity contribution in [1.82, 2.24) is 10.2 Å². The van der Waals surface area contributed by atoms with E-state index in [2.05, 4.69) is 5.32 Å². The van der Waals surface area contributed by atoms with Gasteiger partial charge in [0.05, 0.1) is 11.5 Å². The Kier molecular flexibility index (Phi) is 5.28. The minimum Gasteiger partial charge on any atom is -0.480 e.